The third kappa shape index (κ3) is 5.99. The zero-order valence-corrected chi connectivity index (χ0v) is 20.4. The molecule has 3 aromatic rings. The van der Waals surface area contributed by atoms with Crippen LogP contribution in [-0.4, -0.2) is 34.0 Å². The lowest BCUT2D eigenvalue weighted by Gasteiger charge is -2.12. The van der Waals surface area contributed by atoms with Crippen LogP contribution < -0.4 is 14.8 Å². The molecule has 0 spiro atoms. The van der Waals surface area contributed by atoms with Gasteiger partial charge in [0.25, 0.3) is 15.9 Å². The summed E-state index contributed by atoms with van der Waals surface area (Å²) in [6.45, 7) is 1.91. The van der Waals surface area contributed by atoms with Crippen molar-refractivity contribution in [3.05, 3.63) is 81.8 Å². The van der Waals surface area contributed by atoms with Crippen molar-refractivity contribution < 1.29 is 27.5 Å². The predicted molar refractivity (Wildman–Crippen MR) is 131 cm³/mol. The van der Waals surface area contributed by atoms with E-state index in [9.17, 15) is 18.0 Å². The number of sulfonamides is 1. The molecule has 3 rings (SSSR count). The van der Waals surface area contributed by atoms with E-state index in [1.165, 1.54) is 67.8 Å². The van der Waals surface area contributed by atoms with Gasteiger partial charge in [0, 0.05) is 23.0 Å². The average molecular weight is 523 g/mol. The van der Waals surface area contributed by atoms with E-state index in [0.717, 1.165) is 0 Å². The Morgan fingerprint density at radius 3 is 2.38 bits per heavy atom. The van der Waals surface area contributed by atoms with Gasteiger partial charge in [-0.05, 0) is 55.5 Å². The second kappa shape index (κ2) is 10.8. The van der Waals surface area contributed by atoms with Crippen molar-refractivity contribution in [1.29, 1.82) is 0 Å². The van der Waals surface area contributed by atoms with Crippen molar-refractivity contribution in [1.82, 2.24) is 0 Å². The molecule has 1 amide bonds. The van der Waals surface area contributed by atoms with Crippen molar-refractivity contribution in [2.24, 2.45) is 0 Å². The zero-order valence-electron chi connectivity index (χ0n) is 18.1. The van der Waals surface area contributed by atoms with Crippen molar-refractivity contribution >= 4 is 56.5 Å². The molecule has 3 aromatic carbocycles. The van der Waals surface area contributed by atoms with Crippen molar-refractivity contribution in [2.45, 2.75) is 11.8 Å². The molecule has 0 saturated carbocycles. The van der Waals surface area contributed by atoms with E-state index in [0.29, 0.717) is 5.69 Å². The Morgan fingerprint density at radius 1 is 0.941 bits per heavy atom. The van der Waals surface area contributed by atoms with E-state index in [1.54, 1.807) is 6.92 Å². The van der Waals surface area contributed by atoms with Crippen LogP contribution in [0.4, 0.5) is 11.4 Å². The van der Waals surface area contributed by atoms with Gasteiger partial charge in [-0.3, -0.25) is 9.52 Å². The molecule has 0 aromatic heterocycles. The molecule has 11 heteroatoms. The van der Waals surface area contributed by atoms with Crippen LogP contribution in [0.3, 0.4) is 0 Å². The van der Waals surface area contributed by atoms with Crippen LogP contribution in [0.2, 0.25) is 10.0 Å². The van der Waals surface area contributed by atoms with Crippen molar-refractivity contribution in [2.75, 3.05) is 23.8 Å². The first-order chi connectivity index (χ1) is 16.1. The number of amides is 1. The Balaban J connectivity index is 1.78. The Bertz CT molecular complexity index is 1350. The van der Waals surface area contributed by atoms with Gasteiger partial charge in [-0.15, -0.1) is 0 Å². The highest BCUT2D eigenvalue weighted by Gasteiger charge is 2.18. The number of carbonyl (C=O) groups is 2. The molecule has 0 bridgehead atoms. The summed E-state index contributed by atoms with van der Waals surface area (Å²) in [4.78, 5) is 24.7. The number of ether oxygens (including phenoxy) is 2. The number of methoxy groups -OCH3 is 1. The predicted octanol–water partition coefficient (Wildman–Crippen LogP) is 5.23. The number of benzene rings is 3. The van der Waals surface area contributed by atoms with Crippen LogP contribution >= 0.6 is 23.2 Å². The minimum absolute atomic E-state index is 0.0782. The molecule has 0 saturated heterocycles. The second-order valence-electron chi connectivity index (χ2n) is 6.85. The van der Waals surface area contributed by atoms with Gasteiger partial charge in [0.2, 0.25) is 0 Å². The molecule has 34 heavy (non-hydrogen) atoms. The summed E-state index contributed by atoms with van der Waals surface area (Å²) in [6.07, 6.45) is 0. The third-order valence-electron chi connectivity index (χ3n) is 4.53. The van der Waals surface area contributed by atoms with E-state index in [-0.39, 0.29) is 44.1 Å². The fourth-order valence-electron chi connectivity index (χ4n) is 2.93. The van der Waals surface area contributed by atoms with E-state index < -0.39 is 21.9 Å². The van der Waals surface area contributed by atoms with Gasteiger partial charge in [-0.2, -0.15) is 0 Å². The summed E-state index contributed by atoms with van der Waals surface area (Å²) in [5.74, 6) is -0.805. The molecule has 0 atom stereocenters. The van der Waals surface area contributed by atoms with Crippen LogP contribution in [0.15, 0.2) is 65.6 Å². The third-order valence-corrected chi connectivity index (χ3v) is 6.65. The van der Waals surface area contributed by atoms with E-state index in [1.807, 2.05) is 0 Å². The average Bonchev–Trinajstić information content (AvgIpc) is 2.80. The van der Waals surface area contributed by atoms with Gasteiger partial charge < -0.3 is 14.8 Å². The summed E-state index contributed by atoms with van der Waals surface area (Å²) in [5.41, 5.74) is 0.967. The van der Waals surface area contributed by atoms with Crippen molar-refractivity contribution in [3.63, 3.8) is 0 Å². The summed E-state index contributed by atoms with van der Waals surface area (Å²) < 4.78 is 38.0. The molecule has 178 valence electrons. The highest BCUT2D eigenvalue weighted by Crippen LogP contribution is 2.27. The topological polar surface area (TPSA) is 111 Å². The summed E-state index contributed by atoms with van der Waals surface area (Å²) in [7, 11) is -2.57. The number of rotatable bonds is 8. The SMILES string of the molecule is CCOC(=O)c1ccc(NC(=O)c2cccc(NS(=O)(=O)c3ccc(Cl)c(Cl)c3)c2)cc1OC. The van der Waals surface area contributed by atoms with Crippen LogP contribution in [-0.2, 0) is 14.8 Å². The van der Waals surface area contributed by atoms with Gasteiger partial charge in [0.1, 0.15) is 11.3 Å². The minimum Gasteiger partial charge on any atom is -0.496 e. The lowest BCUT2D eigenvalue weighted by molar-refractivity contribution is 0.0522. The van der Waals surface area contributed by atoms with E-state index in [4.69, 9.17) is 32.7 Å². The van der Waals surface area contributed by atoms with Crippen molar-refractivity contribution in [3.8, 4) is 5.75 Å². The van der Waals surface area contributed by atoms with Gasteiger partial charge >= 0.3 is 5.97 Å². The fourth-order valence-corrected chi connectivity index (χ4v) is 4.37. The molecule has 2 N–H and O–H groups in total. The van der Waals surface area contributed by atoms with Gasteiger partial charge in [-0.1, -0.05) is 29.3 Å². The molecular weight excluding hydrogens is 503 g/mol. The van der Waals surface area contributed by atoms with Crippen LogP contribution in [0.1, 0.15) is 27.6 Å². The maximum atomic E-state index is 12.8. The Labute approximate surface area is 206 Å². The largest absolute Gasteiger partial charge is 0.496 e. The number of hydrogen-bond donors (Lipinski definition) is 2. The van der Waals surface area contributed by atoms with Gasteiger partial charge in [0.05, 0.1) is 28.7 Å². The van der Waals surface area contributed by atoms with E-state index in [2.05, 4.69) is 10.0 Å². The molecular formula is C23H20Cl2N2O6S. The first kappa shape index (κ1) is 25.4. The smallest absolute Gasteiger partial charge is 0.341 e. The number of carbonyl (C=O) groups excluding carboxylic acids is 2. The number of nitrogens with one attached hydrogen (secondary N) is 2. The van der Waals surface area contributed by atoms with E-state index >= 15 is 0 Å². The molecule has 0 aliphatic rings. The first-order valence-electron chi connectivity index (χ1n) is 9.89. The van der Waals surface area contributed by atoms with Gasteiger partial charge in [0.15, 0.2) is 0 Å². The number of esters is 1. The lowest BCUT2D eigenvalue weighted by Crippen LogP contribution is -2.15. The highest BCUT2D eigenvalue weighted by atomic mass is 35.5. The first-order valence-corrected chi connectivity index (χ1v) is 12.1. The summed E-state index contributed by atoms with van der Waals surface area (Å²) >= 11 is 11.8. The molecule has 0 radical (unpaired) electrons. The molecule has 0 aliphatic heterocycles. The molecule has 0 unspecified atom stereocenters. The summed E-state index contributed by atoms with van der Waals surface area (Å²) in [6, 6.07) is 14.4. The van der Waals surface area contributed by atoms with Crippen LogP contribution in [0.5, 0.6) is 5.75 Å². The monoisotopic (exact) mass is 522 g/mol. The second-order valence-corrected chi connectivity index (χ2v) is 9.35. The number of hydrogen-bond acceptors (Lipinski definition) is 6. The lowest BCUT2D eigenvalue weighted by atomic mass is 10.1. The van der Waals surface area contributed by atoms with Gasteiger partial charge in [-0.25, -0.2) is 13.2 Å². The standard InChI is InChI=1S/C23H20Cl2N2O6S/c1-3-33-23(29)18-9-7-15(12-21(18)32-2)26-22(28)14-5-4-6-16(11-14)27-34(30,31)17-8-10-19(24)20(25)13-17/h4-13,27H,3H2,1-2H3,(H,26,28). The quantitative estimate of drug-likeness (QED) is 0.391. The molecule has 0 aliphatic carbocycles. The Morgan fingerprint density at radius 2 is 1.71 bits per heavy atom. The number of anilines is 2. The number of halogens is 2. The minimum atomic E-state index is -3.97. The maximum Gasteiger partial charge on any atom is 0.341 e. The molecule has 0 fully saturated rings. The van der Waals surface area contributed by atoms with Crippen LogP contribution in [0.25, 0.3) is 0 Å². The zero-order chi connectivity index (χ0) is 24.9. The fraction of sp³-hybridized carbons (Fsp3) is 0.130. The molecule has 0 heterocycles. The molecule has 8 nitrogen and oxygen atoms in total. The summed E-state index contributed by atoms with van der Waals surface area (Å²) in [5, 5.41) is 3.01. The highest BCUT2D eigenvalue weighted by molar-refractivity contribution is 7.92. The Hall–Kier alpha value is -3.27. The Kier molecular flexibility index (Phi) is 8.03. The van der Waals surface area contributed by atoms with Crippen LogP contribution in [0, 0.1) is 0 Å². The normalized spacial score (nSPS) is 10.9. The maximum absolute atomic E-state index is 12.8.